The minimum atomic E-state index is -0.390. The van der Waals surface area contributed by atoms with Gasteiger partial charge in [0.25, 0.3) is 0 Å². The average Bonchev–Trinajstić information content (AvgIpc) is 3.69. The molecule has 1 spiro atoms. The number of nitrogens with zero attached hydrogens (tertiary/aromatic N) is 1. The van der Waals surface area contributed by atoms with E-state index in [1.807, 2.05) is 0 Å². The molecule has 2 aliphatic carbocycles. The van der Waals surface area contributed by atoms with E-state index >= 15 is 0 Å². The summed E-state index contributed by atoms with van der Waals surface area (Å²) in [5, 5.41) is 4.93. The quantitative estimate of drug-likeness (QED) is 0.151. The summed E-state index contributed by atoms with van der Waals surface area (Å²) in [6.07, 6.45) is 0. The van der Waals surface area contributed by atoms with Crippen molar-refractivity contribution in [3.63, 3.8) is 0 Å². The van der Waals surface area contributed by atoms with Gasteiger partial charge in [-0.3, -0.25) is 0 Å². The smallest absolute Gasteiger partial charge is 0.0719 e. The maximum absolute atomic E-state index is 2.46. The van der Waals surface area contributed by atoms with Crippen LogP contribution in [0.25, 0.3) is 66.1 Å². The van der Waals surface area contributed by atoms with Gasteiger partial charge in [-0.15, -0.1) is 0 Å². The predicted molar refractivity (Wildman–Crippen MR) is 282 cm³/mol. The van der Waals surface area contributed by atoms with E-state index in [0.29, 0.717) is 0 Å². The second-order valence-corrected chi connectivity index (χ2v) is 18.8. The van der Waals surface area contributed by atoms with Crippen LogP contribution in [-0.2, 0) is 10.8 Å². The molecule has 0 bridgehead atoms. The van der Waals surface area contributed by atoms with E-state index in [4.69, 9.17) is 0 Å². The molecule has 0 atom stereocenters. The fourth-order valence-electron chi connectivity index (χ4n) is 11.8. The SMILES string of the molecule is CC1(C)c2ccccc2C2(c3ccccc3-c3cc(-c4ccc5c(ccc6cc(N(c7ccc(-c8ccccc8)cc7)c7ccccc7-c7ccccc7)ccc65)c4)ccc32)c2ccccc21. The lowest BCUT2D eigenvalue weighted by atomic mass is 9.55. The van der Waals surface area contributed by atoms with Crippen LogP contribution in [0.15, 0.2) is 249 Å². The second-order valence-electron chi connectivity index (χ2n) is 18.8. The van der Waals surface area contributed by atoms with Gasteiger partial charge in [-0.05, 0) is 136 Å². The molecule has 0 aromatic heterocycles. The van der Waals surface area contributed by atoms with E-state index in [0.717, 1.165) is 17.1 Å². The molecule has 1 nitrogen and oxygen atoms in total. The van der Waals surface area contributed by atoms with Crippen molar-refractivity contribution in [1.29, 1.82) is 0 Å². The Labute approximate surface area is 392 Å². The molecule has 0 N–H and O–H groups in total. The van der Waals surface area contributed by atoms with Gasteiger partial charge in [0, 0.05) is 22.4 Å². The van der Waals surface area contributed by atoms with Crippen molar-refractivity contribution >= 4 is 38.6 Å². The normalized spacial score (nSPS) is 13.8. The van der Waals surface area contributed by atoms with Gasteiger partial charge in [-0.2, -0.15) is 0 Å². The fourth-order valence-corrected chi connectivity index (χ4v) is 11.8. The van der Waals surface area contributed by atoms with Gasteiger partial charge < -0.3 is 4.90 Å². The molecular weight excluding hydrogens is 807 g/mol. The Morgan fingerprint density at radius 3 is 1.43 bits per heavy atom. The van der Waals surface area contributed by atoms with E-state index in [2.05, 4.69) is 267 Å². The molecule has 0 radical (unpaired) electrons. The van der Waals surface area contributed by atoms with Crippen molar-refractivity contribution in [1.82, 2.24) is 0 Å². The lowest BCUT2D eigenvalue weighted by molar-refractivity contribution is 0.563. The third kappa shape index (κ3) is 5.94. The molecule has 11 aromatic rings. The Morgan fingerprint density at radius 2 is 0.746 bits per heavy atom. The first kappa shape index (κ1) is 39.1. The average molecular weight is 854 g/mol. The topological polar surface area (TPSA) is 3.24 Å². The van der Waals surface area contributed by atoms with Crippen LogP contribution in [0.1, 0.15) is 47.2 Å². The molecule has 11 aromatic carbocycles. The Hall–Kier alpha value is -8.26. The third-order valence-electron chi connectivity index (χ3n) is 14.9. The number of hydrogen-bond donors (Lipinski definition) is 0. The molecule has 0 aliphatic heterocycles. The van der Waals surface area contributed by atoms with Crippen LogP contribution < -0.4 is 4.90 Å². The molecule has 13 rings (SSSR count). The molecule has 2 aliphatic rings. The first-order valence-corrected chi connectivity index (χ1v) is 23.5. The van der Waals surface area contributed by atoms with Crippen LogP contribution >= 0.6 is 0 Å². The molecular formula is C66H47N. The molecule has 0 unspecified atom stereocenters. The highest BCUT2D eigenvalue weighted by molar-refractivity contribution is 6.10. The van der Waals surface area contributed by atoms with Crippen molar-refractivity contribution < 1.29 is 0 Å². The highest BCUT2D eigenvalue weighted by Gasteiger charge is 2.53. The van der Waals surface area contributed by atoms with E-state index in [1.165, 1.54) is 99.4 Å². The molecule has 0 saturated carbocycles. The van der Waals surface area contributed by atoms with Crippen LogP contribution in [0, 0.1) is 0 Å². The number of hydrogen-bond acceptors (Lipinski definition) is 1. The van der Waals surface area contributed by atoms with Crippen molar-refractivity contribution in [2.45, 2.75) is 24.7 Å². The number of para-hydroxylation sites is 1. The van der Waals surface area contributed by atoms with Crippen LogP contribution in [0.2, 0.25) is 0 Å². The van der Waals surface area contributed by atoms with Crippen molar-refractivity contribution in [2.75, 3.05) is 4.90 Å². The molecule has 67 heavy (non-hydrogen) atoms. The van der Waals surface area contributed by atoms with Gasteiger partial charge in [0.1, 0.15) is 0 Å². The van der Waals surface area contributed by atoms with Crippen molar-refractivity contribution in [3.8, 4) is 44.5 Å². The van der Waals surface area contributed by atoms with Gasteiger partial charge in [0.2, 0.25) is 0 Å². The van der Waals surface area contributed by atoms with Crippen LogP contribution in [0.5, 0.6) is 0 Å². The van der Waals surface area contributed by atoms with Crippen LogP contribution in [0.3, 0.4) is 0 Å². The lowest BCUT2D eigenvalue weighted by Gasteiger charge is -2.46. The Bertz CT molecular complexity index is 3660. The highest BCUT2D eigenvalue weighted by atomic mass is 15.1. The number of benzene rings is 11. The first-order chi connectivity index (χ1) is 33.0. The summed E-state index contributed by atoms with van der Waals surface area (Å²) in [7, 11) is 0. The first-order valence-electron chi connectivity index (χ1n) is 23.5. The summed E-state index contributed by atoms with van der Waals surface area (Å²) < 4.78 is 0. The third-order valence-corrected chi connectivity index (χ3v) is 14.9. The van der Waals surface area contributed by atoms with Gasteiger partial charge in [-0.1, -0.05) is 220 Å². The minimum Gasteiger partial charge on any atom is -0.310 e. The summed E-state index contributed by atoms with van der Waals surface area (Å²) in [5.41, 5.74) is 21.0. The second kappa shape index (κ2) is 15.2. The summed E-state index contributed by atoms with van der Waals surface area (Å²) >= 11 is 0. The molecule has 0 heterocycles. The summed E-state index contributed by atoms with van der Waals surface area (Å²) in [5.74, 6) is 0. The zero-order chi connectivity index (χ0) is 44.7. The van der Waals surface area contributed by atoms with Crippen LogP contribution in [0.4, 0.5) is 17.1 Å². The Balaban J connectivity index is 0.912. The summed E-state index contributed by atoms with van der Waals surface area (Å²) in [6.45, 7) is 4.77. The van der Waals surface area contributed by atoms with E-state index < -0.39 is 0 Å². The standard InChI is InChI=1S/C66H47N/c1-65(2)60-24-12-14-26-62(60)66(63-27-15-13-25-61(63)65)58-23-11-9-22-56(58)57-43-48(34-40-59(57)66)47-33-38-53-49(41-47)29-30-50-42-52(37-39-54(50)53)67(51-35-31-45(32-36-51)44-17-5-3-6-18-44)64-28-16-10-21-55(64)46-19-7-4-8-20-46/h3-43H,1-2H3. The largest absolute Gasteiger partial charge is 0.310 e. The number of anilines is 3. The fraction of sp³-hybridized carbons (Fsp3) is 0.0606. The van der Waals surface area contributed by atoms with Gasteiger partial charge >= 0.3 is 0 Å². The van der Waals surface area contributed by atoms with E-state index in [-0.39, 0.29) is 10.8 Å². The lowest BCUT2D eigenvalue weighted by Crippen LogP contribution is -2.40. The molecule has 0 saturated heterocycles. The highest BCUT2D eigenvalue weighted by Crippen LogP contribution is 2.62. The minimum absolute atomic E-state index is 0.116. The summed E-state index contributed by atoms with van der Waals surface area (Å²) in [6, 6.07) is 92.4. The predicted octanol–water partition coefficient (Wildman–Crippen LogP) is 17.5. The van der Waals surface area contributed by atoms with Gasteiger partial charge in [-0.25, -0.2) is 0 Å². The number of rotatable bonds is 6. The van der Waals surface area contributed by atoms with E-state index in [1.54, 1.807) is 0 Å². The zero-order valence-electron chi connectivity index (χ0n) is 37.6. The van der Waals surface area contributed by atoms with Gasteiger partial charge in [0.15, 0.2) is 0 Å². The van der Waals surface area contributed by atoms with Gasteiger partial charge in [0.05, 0.1) is 11.1 Å². The number of fused-ring (bicyclic) bond motifs is 12. The molecule has 0 amide bonds. The maximum atomic E-state index is 2.46. The molecule has 1 heteroatoms. The van der Waals surface area contributed by atoms with Crippen molar-refractivity contribution in [3.05, 3.63) is 282 Å². The monoisotopic (exact) mass is 853 g/mol. The zero-order valence-corrected chi connectivity index (χ0v) is 37.6. The molecule has 0 fully saturated rings. The maximum Gasteiger partial charge on any atom is 0.0719 e. The Morgan fingerprint density at radius 1 is 0.284 bits per heavy atom. The Kier molecular flexibility index (Phi) is 8.85. The van der Waals surface area contributed by atoms with E-state index in [9.17, 15) is 0 Å². The van der Waals surface area contributed by atoms with Crippen LogP contribution in [-0.4, -0.2) is 0 Å². The van der Waals surface area contributed by atoms with Crippen molar-refractivity contribution in [2.24, 2.45) is 0 Å². The molecule has 316 valence electrons. The summed E-state index contributed by atoms with van der Waals surface area (Å²) in [4.78, 5) is 2.41.